The predicted molar refractivity (Wildman–Crippen MR) is 68.6 cm³/mol. The van der Waals surface area contributed by atoms with E-state index in [1.165, 1.54) is 0 Å². The normalized spacial score (nSPS) is 21.9. The van der Waals surface area contributed by atoms with Gasteiger partial charge in [-0.3, -0.25) is 0 Å². The molecule has 0 aromatic carbocycles. The molecule has 0 radical (unpaired) electrons. The number of hydrogen-bond donors (Lipinski definition) is 1. The Morgan fingerprint density at radius 3 is 3.19 bits per heavy atom. The van der Waals surface area contributed by atoms with E-state index in [2.05, 4.69) is 32.7 Å². The van der Waals surface area contributed by atoms with E-state index >= 15 is 0 Å². The van der Waals surface area contributed by atoms with Gasteiger partial charge in [0.1, 0.15) is 0 Å². The maximum atomic E-state index is 5.97. The minimum atomic E-state index is 0.229. The first-order valence-corrected chi connectivity index (χ1v) is 6.23. The lowest BCUT2D eigenvalue weighted by atomic mass is 10.3. The van der Waals surface area contributed by atoms with Gasteiger partial charge >= 0.3 is 0 Å². The molecule has 1 fully saturated rings. The van der Waals surface area contributed by atoms with Crippen LogP contribution in [0.2, 0.25) is 0 Å². The average Bonchev–Trinajstić information content (AvgIpc) is 2.43. The third-order valence-corrected chi connectivity index (χ3v) is 3.05. The summed E-state index contributed by atoms with van der Waals surface area (Å²) in [5.41, 5.74) is 6.69. The summed E-state index contributed by atoms with van der Waals surface area (Å²) < 4.78 is 6.51. The molecule has 1 aromatic rings. The van der Waals surface area contributed by atoms with Crippen molar-refractivity contribution < 1.29 is 4.74 Å². The molecule has 0 bridgehead atoms. The summed E-state index contributed by atoms with van der Waals surface area (Å²) in [4.78, 5) is 6.57. The molecule has 1 unspecified atom stereocenters. The van der Waals surface area contributed by atoms with Crippen molar-refractivity contribution in [3.05, 3.63) is 16.7 Å². The summed E-state index contributed by atoms with van der Waals surface area (Å²) in [6.07, 6.45) is 3.02. The molecular formula is C11H16BrN3O. The monoisotopic (exact) mass is 285 g/mol. The lowest BCUT2D eigenvalue weighted by molar-refractivity contribution is 0.0820. The minimum Gasteiger partial charge on any atom is -0.396 e. The maximum Gasteiger partial charge on any atom is 0.151 e. The number of nitrogens with two attached hydrogens (primary N) is 1. The van der Waals surface area contributed by atoms with Crippen molar-refractivity contribution in [1.82, 2.24) is 4.98 Å². The molecule has 5 heteroatoms. The summed E-state index contributed by atoms with van der Waals surface area (Å²) in [6, 6.07) is 1.89. The first-order valence-electron chi connectivity index (χ1n) is 5.44. The second-order valence-electron chi connectivity index (χ2n) is 4.05. The quantitative estimate of drug-likeness (QED) is 0.858. The Balaban J connectivity index is 2.21. The molecule has 1 aliphatic heterocycles. The van der Waals surface area contributed by atoms with Gasteiger partial charge in [-0.25, -0.2) is 4.98 Å². The first-order chi connectivity index (χ1) is 7.66. The van der Waals surface area contributed by atoms with Crippen molar-refractivity contribution in [2.45, 2.75) is 19.4 Å². The highest BCUT2D eigenvalue weighted by Gasteiger charge is 2.18. The van der Waals surface area contributed by atoms with Gasteiger partial charge < -0.3 is 15.4 Å². The molecule has 0 saturated carbocycles. The Kier molecular flexibility index (Phi) is 3.66. The number of hydrogen-bond acceptors (Lipinski definition) is 4. The van der Waals surface area contributed by atoms with Gasteiger partial charge in [0, 0.05) is 30.4 Å². The number of halogens is 1. The lowest BCUT2D eigenvalue weighted by Gasteiger charge is -2.24. The molecule has 1 aromatic heterocycles. The van der Waals surface area contributed by atoms with Crippen LogP contribution in [0.5, 0.6) is 0 Å². The Morgan fingerprint density at radius 2 is 2.44 bits per heavy atom. The number of nitrogen functional groups attached to an aromatic ring is 1. The number of nitrogens with zero attached hydrogens (tertiary/aromatic N) is 2. The molecule has 0 spiro atoms. The van der Waals surface area contributed by atoms with Crippen LogP contribution in [0, 0.1) is 0 Å². The maximum absolute atomic E-state index is 5.97. The van der Waals surface area contributed by atoms with Crippen molar-refractivity contribution in [2.24, 2.45) is 0 Å². The fourth-order valence-corrected chi connectivity index (χ4v) is 2.25. The summed E-state index contributed by atoms with van der Waals surface area (Å²) in [5.74, 6) is 0.862. The highest BCUT2D eigenvalue weighted by molar-refractivity contribution is 9.10. The van der Waals surface area contributed by atoms with Gasteiger partial charge in [-0.05, 0) is 35.3 Å². The number of aromatic nitrogens is 1. The van der Waals surface area contributed by atoms with Crippen LogP contribution in [-0.2, 0) is 4.74 Å². The van der Waals surface area contributed by atoms with Crippen molar-refractivity contribution in [2.75, 3.05) is 30.3 Å². The zero-order chi connectivity index (χ0) is 11.5. The van der Waals surface area contributed by atoms with Crippen molar-refractivity contribution in [3.63, 3.8) is 0 Å². The van der Waals surface area contributed by atoms with Crippen LogP contribution in [0.25, 0.3) is 0 Å². The highest BCUT2D eigenvalue weighted by atomic mass is 79.9. The lowest BCUT2D eigenvalue weighted by Crippen LogP contribution is -2.31. The van der Waals surface area contributed by atoms with E-state index in [0.29, 0.717) is 5.69 Å². The van der Waals surface area contributed by atoms with E-state index < -0.39 is 0 Å². The number of ether oxygens (including phenoxy) is 1. The van der Waals surface area contributed by atoms with Crippen LogP contribution in [0.4, 0.5) is 11.5 Å². The summed E-state index contributed by atoms with van der Waals surface area (Å²) in [5, 5.41) is 0. The fraction of sp³-hybridized carbons (Fsp3) is 0.545. The van der Waals surface area contributed by atoms with Crippen molar-refractivity contribution in [1.29, 1.82) is 0 Å². The van der Waals surface area contributed by atoms with Gasteiger partial charge in [0.05, 0.1) is 11.8 Å². The van der Waals surface area contributed by atoms with Gasteiger partial charge in [-0.2, -0.15) is 0 Å². The Hall–Kier alpha value is -0.810. The van der Waals surface area contributed by atoms with E-state index in [-0.39, 0.29) is 6.10 Å². The fourth-order valence-electron chi connectivity index (χ4n) is 1.90. The summed E-state index contributed by atoms with van der Waals surface area (Å²) in [7, 11) is 0. The minimum absolute atomic E-state index is 0.229. The van der Waals surface area contributed by atoms with E-state index in [1.807, 2.05) is 6.07 Å². The standard InChI is InChI=1S/C11H16BrN3O/c1-8-7-15(3-2-4-16-8)11-10(13)5-9(12)6-14-11/h5-6,8H,2-4,7,13H2,1H3. The summed E-state index contributed by atoms with van der Waals surface area (Å²) in [6.45, 7) is 4.68. The summed E-state index contributed by atoms with van der Waals surface area (Å²) >= 11 is 3.36. The Morgan fingerprint density at radius 1 is 1.62 bits per heavy atom. The molecule has 1 saturated heterocycles. The number of pyridine rings is 1. The SMILES string of the molecule is CC1CN(c2ncc(Br)cc2N)CCCO1. The van der Waals surface area contributed by atoms with Crippen LogP contribution in [0.3, 0.4) is 0 Å². The van der Waals surface area contributed by atoms with Crippen LogP contribution in [0.15, 0.2) is 16.7 Å². The number of anilines is 2. The molecule has 2 N–H and O–H groups in total. The predicted octanol–water partition coefficient (Wildman–Crippen LogP) is 2.04. The second kappa shape index (κ2) is 5.01. The van der Waals surface area contributed by atoms with Gasteiger partial charge in [0.2, 0.25) is 0 Å². The van der Waals surface area contributed by atoms with Gasteiger partial charge in [0.25, 0.3) is 0 Å². The van der Waals surface area contributed by atoms with Gasteiger partial charge in [-0.15, -0.1) is 0 Å². The first kappa shape index (κ1) is 11.7. The average molecular weight is 286 g/mol. The van der Waals surface area contributed by atoms with Gasteiger partial charge in [-0.1, -0.05) is 0 Å². The highest BCUT2D eigenvalue weighted by Crippen LogP contribution is 2.25. The number of rotatable bonds is 1. The van der Waals surface area contributed by atoms with Gasteiger partial charge in [0.15, 0.2) is 5.82 Å². The molecule has 4 nitrogen and oxygen atoms in total. The van der Waals surface area contributed by atoms with Crippen molar-refractivity contribution in [3.8, 4) is 0 Å². The zero-order valence-corrected chi connectivity index (χ0v) is 10.9. The molecule has 1 aliphatic rings. The zero-order valence-electron chi connectivity index (χ0n) is 9.32. The molecule has 1 atom stereocenters. The molecule has 88 valence electrons. The largest absolute Gasteiger partial charge is 0.396 e. The molecule has 16 heavy (non-hydrogen) atoms. The van der Waals surface area contributed by atoms with E-state index in [1.54, 1.807) is 6.20 Å². The second-order valence-corrected chi connectivity index (χ2v) is 4.96. The molecule has 0 amide bonds. The van der Waals surface area contributed by atoms with E-state index in [9.17, 15) is 0 Å². The smallest absolute Gasteiger partial charge is 0.151 e. The molecule has 0 aliphatic carbocycles. The topological polar surface area (TPSA) is 51.4 Å². The van der Waals surface area contributed by atoms with Crippen LogP contribution >= 0.6 is 15.9 Å². The van der Waals surface area contributed by atoms with Crippen LogP contribution in [0.1, 0.15) is 13.3 Å². The van der Waals surface area contributed by atoms with E-state index in [0.717, 1.165) is 36.4 Å². The van der Waals surface area contributed by atoms with Crippen LogP contribution in [-0.4, -0.2) is 30.8 Å². The third-order valence-electron chi connectivity index (χ3n) is 2.61. The van der Waals surface area contributed by atoms with Crippen molar-refractivity contribution >= 4 is 27.4 Å². The molecule has 2 rings (SSSR count). The third kappa shape index (κ3) is 2.65. The van der Waals surface area contributed by atoms with E-state index in [4.69, 9.17) is 10.5 Å². The van der Waals surface area contributed by atoms with Crippen LogP contribution < -0.4 is 10.6 Å². The molecule has 2 heterocycles. The molecular weight excluding hydrogens is 270 g/mol. The Bertz CT molecular complexity index is 372. The Labute approximate surface area is 104 Å².